The topological polar surface area (TPSA) is 41.6 Å². The van der Waals surface area contributed by atoms with Gasteiger partial charge in [-0.2, -0.15) is 0 Å². The summed E-state index contributed by atoms with van der Waals surface area (Å²) in [4.78, 5) is 13.7. The van der Waals surface area contributed by atoms with Crippen molar-refractivity contribution in [2.75, 3.05) is 17.3 Å². The van der Waals surface area contributed by atoms with Gasteiger partial charge in [0.1, 0.15) is 11.4 Å². The van der Waals surface area contributed by atoms with Gasteiger partial charge in [0.25, 0.3) is 0 Å². The van der Waals surface area contributed by atoms with Crippen molar-refractivity contribution >= 4 is 17.3 Å². The molecule has 3 rings (SSSR count). The quantitative estimate of drug-likeness (QED) is 0.783. The normalized spacial score (nSPS) is 26.4. The van der Waals surface area contributed by atoms with E-state index < -0.39 is 0 Å². The van der Waals surface area contributed by atoms with Crippen LogP contribution in [-0.2, 0) is 4.79 Å². The number of carbonyl (C=O) groups excluding carboxylic acids is 1. The van der Waals surface area contributed by atoms with Crippen LogP contribution in [0.4, 0.5) is 11.4 Å². The molecule has 16 heavy (non-hydrogen) atoms. The van der Waals surface area contributed by atoms with E-state index in [1.807, 2.05) is 23.1 Å². The van der Waals surface area contributed by atoms with Crippen molar-refractivity contribution in [2.24, 2.45) is 0 Å². The highest BCUT2D eigenvalue weighted by Crippen LogP contribution is 2.46. The summed E-state index contributed by atoms with van der Waals surface area (Å²) >= 11 is 0. The maximum atomic E-state index is 11.8. The van der Waals surface area contributed by atoms with Crippen molar-refractivity contribution in [1.29, 1.82) is 0 Å². The van der Waals surface area contributed by atoms with Gasteiger partial charge in [-0.25, -0.2) is 0 Å². The molecule has 1 atom stereocenters. The number of rotatable bonds is 1. The van der Waals surface area contributed by atoms with Crippen molar-refractivity contribution < 1.29 is 9.53 Å². The van der Waals surface area contributed by atoms with E-state index in [0.717, 1.165) is 23.5 Å². The molecular formula is C12H14N2O2. The predicted molar refractivity (Wildman–Crippen MR) is 61.7 cm³/mol. The zero-order chi connectivity index (χ0) is 11.3. The van der Waals surface area contributed by atoms with Gasteiger partial charge in [-0.15, -0.1) is 0 Å². The molecule has 1 fully saturated rings. The molecule has 1 saturated heterocycles. The summed E-state index contributed by atoms with van der Waals surface area (Å²) in [7, 11) is 1.64. The number of hydrogen-bond acceptors (Lipinski definition) is 3. The van der Waals surface area contributed by atoms with Crippen LogP contribution in [0.1, 0.15) is 19.8 Å². The highest BCUT2D eigenvalue weighted by molar-refractivity contribution is 6.04. The van der Waals surface area contributed by atoms with Crippen LogP contribution in [0.2, 0.25) is 0 Å². The minimum absolute atomic E-state index is 0.193. The molecule has 2 aliphatic heterocycles. The fourth-order valence-electron chi connectivity index (χ4n) is 2.60. The second-order valence-corrected chi connectivity index (χ2v) is 4.51. The minimum atomic E-state index is -0.244. The number of methoxy groups -OCH3 is 1. The van der Waals surface area contributed by atoms with E-state index in [1.165, 1.54) is 0 Å². The number of nitrogens with zero attached hydrogens (tertiary/aromatic N) is 1. The molecule has 4 heteroatoms. The second kappa shape index (κ2) is 2.90. The van der Waals surface area contributed by atoms with Crippen LogP contribution in [0.15, 0.2) is 18.2 Å². The molecule has 1 unspecified atom stereocenters. The van der Waals surface area contributed by atoms with Gasteiger partial charge < -0.3 is 10.1 Å². The van der Waals surface area contributed by atoms with Crippen LogP contribution in [0.3, 0.4) is 0 Å². The van der Waals surface area contributed by atoms with E-state index in [9.17, 15) is 4.79 Å². The lowest BCUT2D eigenvalue weighted by Gasteiger charge is -2.27. The Morgan fingerprint density at radius 2 is 2.31 bits per heavy atom. The van der Waals surface area contributed by atoms with Gasteiger partial charge in [-0.3, -0.25) is 9.69 Å². The molecule has 0 aromatic heterocycles. The van der Waals surface area contributed by atoms with E-state index in [0.29, 0.717) is 6.42 Å². The highest BCUT2D eigenvalue weighted by Gasteiger charge is 2.47. The Labute approximate surface area is 94.2 Å². The van der Waals surface area contributed by atoms with Gasteiger partial charge in [-0.1, -0.05) is 0 Å². The molecule has 2 aliphatic rings. The Bertz CT molecular complexity index is 472. The lowest BCUT2D eigenvalue weighted by atomic mass is 10.1. The average Bonchev–Trinajstić information content (AvgIpc) is 2.71. The summed E-state index contributed by atoms with van der Waals surface area (Å²) in [5.41, 5.74) is 1.70. The number of amides is 1. The fraction of sp³-hybridized carbons (Fsp3) is 0.417. The minimum Gasteiger partial charge on any atom is -0.497 e. The van der Waals surface area contributed by atoms with Crippen molar-refractivity contribution in [3.63, 3.8) is 0 Å². The molecule has 0 aliphatic carbocycles. The van der Waals surface area contributed by atoms with Crippen LogP contribution >= 0.6 is 0 Å². The maximum Gasteiger partial charge on any atom is 0.229 e. The molecule has 1 aromatic carbocycles. The lowest BCUT2D eigenvalue weighted by Crippen LogP contribution is -2.44. The first kappa shape index (κ1) is 9.51. The standard InChI is InChI=1S/C12H14N2O2/c1-12-6-5-11(15)14(12)10-4-3-8(16-2)7-9(10)13-12/h3-4,7,13H,5-6H2,1-2H3. The summed E-state index contributed by atoms with van der Waals surface area (Å²) < 4.78 is 5.18. The van der Waals surface area contributed by atoms with Gasteiger partial charge in [0.05, 0.1) is 18.5 Å². The average molecular weight is 218 g/mol. The van der Waals surface area contributed by atoms with Crippen LogP contribution in [0.25, 0.3) is 0 Å². The summed E-state index contributed by atoms with van der Waals surface area (Å²) in [5.74, 6) is 1.00. The van der Waals surface area contributed by atoms with E-state index in [4.69, 9.17) is 4.74 Å². The van der Waals surface area contributed by atoms with Crippen molar-refractivity contribution in [3.05, 3.63) is 18.2 Å². The van der Waals surface area contributed by atoms with Gasteiger partial charge in [0.2, 0.25) is 5.91 Å². The summed E-state index contributed by atoms with van der Waals surface area (Å²) in [6, 6.07) is 5.76. The number of ether oxygens (including phenoxy) is 1. The second-order valence-electron chi connectivity index (χ2n) is 4.51. The van der Waals surface area contributed by atoms with Crippen LogP contribution in [-0.4, -0.2) is 18.7 Å². The third kappa shape index (κ3) is 1.07. The molecule has 0 bridgehead atoms. The Morgan fingerprint density at radius 1 is 1.50 bits per heavy atom. The van der Waals surface area contributed by atoms with Crippen LogP contribution < -0.4 is 15.0 Å². The Kier molecular flexibility index (Phi) is 1.73. The molecule has 0 saturated carbocycles. The third-order valence-corrected chi connectivity index (χ3v) is 3.42. The number of fused-ring (bicyclic) bond motifs is 3. The molecule has 1 N–H and O–H groups in total. The zero-order valence-corrected chi connectivity index (χ0v) is 9.41. The summed E-state index contributed by atoms with van der Waals surface area (Å²) in [6.07, 6.45) is 1.47. The molecule has 0 radical (unpaired) electrons. The Balaban J connectivity index is 2.10. The molecular weight excluding hydrogens is 204 g/mol. The first-order valence-electron chi connectivity index (χ1n) is 5.43. The van der Waals surface area contributed by atoms with Crippen molar-refractivity contribution in [3.8, 4) is 5.75 Å². The first-order valence-corrected chi connectivity index (χ1v) is 5.43. The number of nitrogens with one attached hydrogen (secondary N) is 1. The van der Waals surface area contributed by atoms with E-state index in [2.05, 4.69) is 12.2 Å². The highest BCUT2D eigenvalue weighted by atomic mass is 16.5. The maximum absolute atomic E-state index is 11.8. The molecule has 2 heterocycles. The first-order chi connectivity index (χ1) is 7.64. The summed E-state index contributed by atoms with van der Waals surface area (Å²) in [6.45, 7) is 2.06. The Morgan fingerprint density at radius 3 is 3.06 bits per heavy atom. The molecule has 4 nitrogen and oxygen atoms in total. The smallest absolute Gasteiger partial charge is 0.229 e. The number of carbonyl (C=O) groups is 1. The van der Waals surface area contributed by atoms with Crippen molar-refractivity contribution in [2.45, 2.75) is 25.4 Å². The van der Waals surface area contributed by atoms with E-state index in [1.54, 1.807) is 7.11 Å². The SMILES string of the molecule is COc1ccc2c(c1)NC1(C)CCC(=O)N21. The monoisotopic (exact) mass is 218 g/mol. The number of anilines is 2. The third-order valence-electron chi connectivity index (χ3n) is 3.42. The van der Waals surface area contributed by atoms with Crippen LogP contribution in [0.5, 0.6) is 5.75 Å². The van der Waals surface area contributed by atoms with E-state index >= 15 is 0 Å². The summed E-state index contributed by atoms with van der Waals surface area (Å²) in [5, 5.41) is 3.40. The number of benzene rings is 1. The largest absolute Gasteiger partial charge is 0.497 e. The van der Waals surface area contributed by atoms with Crippen molar-refractivity contribution in [1.82, 2.24) is 0 Å². The van der Waals surface area contributed by atoms with Gasteiger partial charge in [-0.05, 0) is 25.5 Å². The number of hydrogen-bond donors (Lipinski definition) is 1. The van der Waals surface area contributed by atoms with E-state index in [-0.39, 0.29) is 11.6 Å². The molecule has 0 spiro atoms. The lowest BCUT2D eigenvalue weighted by molar-refractivity contribution is -0.117. The fourth-order valence-corrected chi connectivity index (χ4v) is 2.60. The molecule has 1 aromatic rings. The van der Waals surface area contributed by atoms with Gasteiger partial charge in [0.15, 0.2) is 0 Å². The van der Waals surface area contributed by atoms with Crippen LogP contribution in [0, 0.1) is 0 Å². The zero-order valence-electron chi connectivity index (χ0n) is 9.41. The predicted octanol–water partition coefficient (Wildman–Crippen LogP) is 1.96. The molecule has 1 amide bonds. The Hall–Kier alpha value is -1.71. The van der Waals surface area contributed by atoms with Gasteiger partial charge >= 0.3 is 0 Å². The molecule has 84 valence electrons. The van der Waals surface area contributed by atoms with Gasteiger partial charge in [0, 0.05) is 12.5 Å².